The van der Waals surface area contributed by atoms with E-state index in [1.807, 2.05) is 31.4 Å². The van der Waals surface area contributed by atoms with Gasteiger partial charge < -0.3 is 9.84 Å². The third-order valence-electron chi connectivity index (χ3n) is 3.30. The van der Waals surface area contributed by atoms with E-state index in [4.69, 9.17) is 4.74 Å². The predicted octanol–water partition coefficient (Wildman–Crippen LogP) is 0.706. The minimum absolute atomic E-state index is 0.118. The molecule has 2 atom stereocenters. The molecule has 2 heterocycles. The molecule has 1 fully saturated rings. The fourth-order valence-electron chi connectivity index (χ4n) is 2.14. The van der Waals surface area contributed by atoms with Crippen LogP contribution in [-0.4, -0.2) is 53.9 Å². The highest BCUT2D eigenvalue weighted by molar-refractivity contribution is 5.03. The molecule has 0 amide bonds. The van der Waals surface area contributed by atoms with Gasteiger partial charge in [0.15, 0.2) is 0 Å². The second-order valence-electron chi connectivity index (χ2n) is 4.55. The van der Waals surface area contributed by atoms with E-state index in [1.165, 1.54) is 0 Å². The van der Waals surface area contributed by atoms with Crippen LogP contribution in [0.3, 0.4) is 0 Å². The van der Waals surface area contributed by atoms with Crippen molar-refractivity contribution in [3.63, 3.8) is 0 Å². The number of aliphatic hydroxyl groups is 1. The van der Waals surface area contributed by atoms with Crippen molar-refractivity contribution < 1.29 is 9.84 Å². The zero-order valence-electron chi connectivity index (χ0n) is 10.2. The van der Waals surface area contributed by atoms with E-state index in [-0.39, 0.29) is 12.1 Å². The van der Waals surface area contributed by atoms with Gasteiger partial charge in [-0.3, -0.25) is 9.88 Å². The van der Waals surface area contributed by atoms with Crippen LogP contribution >= 0.6 is 0 Å². The maximum Gasteiger partial charge on any atom is 0.0739 e. The highest BCUT2D eigenvalue weighted by Gasteiger charge is 2.26. The highest BCUT2D eigenvalue weighted by atomic mass is 16.5. The molecule has 17 heavy (non-hydrogen) atoms. The lowest BCUT2D eigenvalue weighted by Gasteiger charge is -2.34. The summed E-state index contributed by atoms with van der Waals surface area (Å²) in [5.74, 6) is 0. The number of nitrogens with zero attached hydrogens (tertiary/aromatic N) is 2. The summed E-state index contributed by atoms with van der Waals surface area (Å²) in [7, 11) is 2.03. The average Bonchev–Trinajstić information content (AvgIpc) is 2.38. The fourth-order valence-corrected chi connectivity index (χ4v) is 2.14. The highest BCUT2D eigenvalue weighted by Crippen LogP contribution is 2.13. The molecular weight excluding hydrogens is 216 g/mol. The maximum atomic E-state index is 9.90. The van der Waals surface area contributed by atoms with Crippen LogP contribution in [0.4, 0.5) is 0 Å². The van der Waals surface area contributed by atoms with Crippen molar-refractivity contribution in [2.45, 2.75) is 25.0 Å². The number of hydrogen-bond donors (Lipinski definition) is 1. The van der Waals surface area contributed by atoms with Crippen molar-refractivity contribution in [1.29, 1.82) is 0 Å². The molecule has 1 aromatic rings. The van der Waals surface area contributed by atoms with E-state index in [0.717, 1.165) is 25.1 Å². The van der Waals surface area contributed by atoms with Gasteiger partial charge in [0, 0.05) is 31.5 Å². The van der Waals surface area contributed by atoms with E-state index in [0.29, 0.717) is 13.2 Å². The number of aliphatic hydroxyl groups excluding tert-OH is 1. The number of rotatable bonds is 4. The number of ether oxygens (including phenoxy) is 1. The molecule has 1 N–H and O–H groups in total. The van der Waals surface area contributed by atoms with Gasteiger partial charge in [0.25, 0.3) is 0 Å². The lowest BCUT2D eigenvalue weighted by molar-refractivity contribution is -0.0538. The van der Waals surface area contributed by atoms with Crippen LogP contribution < -0.4 is 0 Å². The molecule has 0 aromatic carbocycles. The Bertz CT molecular complexity index is 331. The first-order valence-electron chi connectivity index (χ1n) is 6.13. The van der Waals surface area contributed by atoms with Crippen molar-refractivity contribution in [3.8, 4) is 0 Å². The third kappa shape index (κ3) is 3.49. The second-order valence-corrected chi connectivity index (χ2v) is 4.55. The minimum atomic E-state index is -0.266. The Balaban J connectivity index is 1.82. The smallest absolute Gasteiger partial charge is 0.0739 e. The SMILES string of the molecule is CN(CCc1ccccn1)C1COCCC1O. The Morgan fingerprint density at radius 3 is 3.12 bits per heavy atom. The van der Waals surface area contributed by atoms with Gasteiger partial charge in [-0.1, -0.05) is 6.07 Å². The summed E-state index contributed by atoms with van der Waals surface area (Å²) in [6.07, 6.45) is 3.19. The minimum Gasteiger partial charge on any atom is -0.391 e. The van der Waals surface area contributed by atoms with E-state index in [9.17, 15) is 5.11 Å². The molecule has 1 aliphatic rings. The van der Waals surface area contributed by atoms with Crippen molar-refractivity contribution in [2.24, 2.45) is 0 Å². The lowest BCUT2D eigenvalue weighted by atomic mass is 10.1. The first-order valence-corrected chi connectivity index (χ1v) is 6.13. The summed E-state index contributed by atoms with van der Waals surface area (Å²) in [6.45, 7) is 2.19. The molecule has 1 saturated heterocycles. The van der Waals surface area contributed by atoms with Gasteiger partial charge in [0.2, 0.25) is 0 Å². The zero-order valence-corrected chi connectivity index (χ0v) is 10.2. The van der Waals surface area contributed by atoms with Gasteiger partial charge >= 0.3 is 0 Å². The average molecular weight is 236 g/mol. The molecule has 1 aromatic heterocycles. The quantitative estimate of drug-likeness (QED) is 0.836. The second kappa shape index (κ2) is 6.10. The van der Waals surface area contributed by atoms with Gasteiger partial charge in [-0.15, -0.1) is 0 Å². The van der Waals surface area contributed by atoms with Gasteiger partial charge in [-0.25, -0.2) is 0 Å². The van der Waals surface area contributed by atoms with Crippen molar-refractivity contribution in [3.05, 3.63) is 30.1 Å². The van der Waals surface area contributed by atoms with E-state index >= 15 is 0 Å². The van der Waals surface area contributed by atoms with Crippen LogP contribution in [-0.2, 0) is 11.2 Å². The summed E-state index contributed by atoms with van der Waals surface area (Å²) >= 11 is 0. The van der Waals surface area contributed by atoms with Crippen LogP contribution in [0.5, 0.6) is 0 Å². The Kier molecular flexibility index (Phi) is 4.48. The summed E-state index contributed by atoms with van der Waals surface area (Å²) in [6, 6.07) is 6.07. The molecule has 2 rings (SSSR count). The predicted molar refractivity (Wildman–Crippen MR) is 65.8 cm³/mol. The molecule has 2 unspecified atom stereocenters. The van der Waals surface area contributed by atoms with Crippen LogP contribution in [0.1, 0.15) is 12.1 Å². The summed E-state index contributed by atoms with van der Waals surface area (Å²) in [5.41, 5.74) is 1.09. The number of pyridine rings is 1. The Morgan fingerprint density at radius 1 is 1.53 bits per heavy atom. The van der Waals surface area contributed by atoms with Gasteiger partial charge in [-0.2, -0.15) is 0 Å². The monoisotopic (exact) mass is 236 g/mol. The molecule has 4 heteroatoms. The molecule has 0 saturated carbocycles. The van der Waals surface area contributed by atoms with E-state index in [1.54, 1.807) is 0 Å². The zero-order chi connectivity index (χ0) is 12.1. The standard InChI is InChI=1S/C13H20N2O2/c1-15(12-10-17-9-6-13(12)16)8-5-11-4-2-3-7-14-11/h2-4,7,12-13,16H,5-6,8-10H2,1H3. The lowest BCUT2D eigenvalue weighted by Crippen LogP contribution is -2.48. The van der Waals surface area contributed by atoms with Crippen LogP contribution in [0, 0.1) is 0 Å². The Morgan fingerprint density at radius 2 is 2.41 bits per heavy atom. The largest absolute Gasteiger partial charge is 0.391 e. The normalized spacial score (nSPS) is 25.1. The first kappa shape index (κ1) is 12.5. The molecule has 0 spiro atoms. The number of hydrogen-bond acceptors (Lipinski definition) is 4. The van der Waals surface area contributed by atoms with Gasteiger partial charge in [0.1, 0.15) is 0 Å². The Hall–Kier alpha value is -0.970. The summed E-state index contributed by atoms with van der Waals surface area (Å²) < 4.78 is 5.41. The van der Waals surface area contributed by atoms with Crippen molar-refractivity contribution in [2.75, 3.05) is 26.8 Å². The molecule has 1 aliphatic heterocycles. The van der Waals surface area contributed by atoms with Crippen LogP contribution in [0.2, 0.25) is 0 Å². The molecule has 0 aliphatic carbocycles. The molecule has 0 bridgehead atoms. The van der Waals surface area contributed by atoms with Crippen LogP contribution in [0.25, 0.3) is 0 Å². The van der Waals surface area contributed by atoms with Crippen LogP contribution in [0.15, 0.2) is 24.4 Å². The summed E-state index contributed by atoms with van der Waals surface area (Å²) in [4.78, 5) is 6.46. The van der Waals surface area contributed by atoms with Crippen molar-refractivity contribution in [1.82, 2.24) is 9.88 Å². The molecule has 4 nitrogen and oxygen atoms in total. The summed E-state index contributed by atoms with van der Waals surface area (Å²) in [5, 5.41) is 9.90. The number of likely N-dealkylation sites (N-methyl/N-ethyl adjacent to an activating group) is 1. The van der Waals surface area contributed by atoms with Gasteiger partial charge in [0.05, 0.1) is 18.8 Å². The van der Waals surface area contributed by atoms with E-state index in [2.05, 4.69) is 9.88 Å². The van der Waals surface area contributed by atoms with E-state index < -0.39 is 0 Å². The first-order chi connectivity index (χ1) is 8.27. The number of aromatic nitrogens is 1. The topological polar surface area (TPSA) is 45.6 Å². The molecule has 94 valence electrons. The molecular formula is C13H20N2O2. The Labute approximate surface area is 102 Å². The molecule has 0 radical (unpaired) electrons. The third-order valence-corrected chi connectivity index (χ3v) is 3.30. The maximum absolute atomic E-state index is 9.90. The van der Waals surface area contributed by atoms with Gasteiger partial charge in [-0.05, 0) is 25.6 Å². The fraction of sp³-hybridized carbons (Fsp3) is 0.615. The van der Waals surface area contributed by atoms with Crippen molar-refractivity contribution >= 4 is 0 Å².